The van der Waals surface area contributed by atoms with Gasteiger partial charge in [0.15, 0.2) is 0 Å². The lowest BCUT2D eigenvalue weighted by molar-refractivity contribution is -0.143. The van der Waals surface area contributed by atoms with Crippen LogP contribution < -0.4 is 5.32 Å². The van der Waals surface area contributed by atoms with E-state index >= 15 is 0 Å². The van der Waals surface area contributed by atoms with Crippen molar-refractivity contribution < 1.29 is 49.0 Å². The van der Waals surface area contributed by atoms with Crippen LogP contribution in [0, 0.1) is 5.92 Å². The van der Waals surface area contributed by atoms with Gasteiger partial charge in [0.05, 0.1) is 40.4 Å². The second-order valence-corrected chi connectivity index (χ2v) is 10.0. The molecule has 0 bridgehead atoms. The number of carbonyl (C=O) groups is 1. The molecule has 3 rings (SSSR count). The molecule has 0 heterocycles. The number of ether oxygens (including phenoxy) is 1. The van der Waals surface area contributed by atoms with Crippen molar-refractivity contribution in [3.8, 4) is 11.1 Å². The Kier molecular flexibility index (Phi) is 9.27. The normalized spacial score (nSPS) is 13.3. The zero-order valence-electron chi connectivity index (χ0n) is 21.7. The molecule has 3 aromatic rings. The highest BCUT2D eigenvalue weighted by Crippen LogP contribution is 2.42. The molecule has 1 atom stereocenters. The molecule has 0 radical (unpaired) electrons. The summed E-state index contributed by atoms with van der Waals surface area (Å²) in [5, 5.41) is 1.75. The number of nitrogens with one attached hydrogen (secondary N) is 1. The standard InChI is InChI=1S/C28H23ClF9NO2/c1-14(2)8-20(25(40)41-3)17-9-16(15-4-7-23(29)22(12-15)28(36,37)38)10-19(11-17)39-24-13-18(26(30,31)32)5-6-21(24)27(33,34)35/h4-7,9-14,20,39H,8H2,1-3H3. The van der Waals surface area contributed by atoms with Crippen LogP contribution in [-0.4, -0.2) is 13.1 Å². The molecule has 0 spiro atoms. The van der Waals surface area contributed by atoms with Crippen LogP contribution in [0.25, 0.3) is 11.1 Å². The Balaban J connectivity index is 2.28. The Morgan fingerprint density at radius 3 is 1.98 bits per heavy atom. The van der Waals surface area contributed by atoms with E-state index in [0.717, 1.165) is 25.3 Å². The van der Waals surface area contributed by atoms with Crippen molar-refractivity contribution in [1.82, 2.24) is 0 Å². The molecule has 41 heavy (non-hydrogen) atoms. The van der Waals surface area contributed by atoms with Crippen LogP contribution in [0.4, 0.5) is 50.9 Å². The molecule has 0 saturated heterocycles. The average Bonchev–Trinajstić information content (AvgIpc) is 2.84. The summed E-state index contributed by atoms with van der Waals surface area (Å²) in [6.07, 6.45) is -14.6. The third kappa shape index (κ3) is 7.87. The van der Waals surface area contributed by atoms with Crippen molar-refractivity contribution in [3.05, 3.63) is 81.9 Å². The maximum atomic E-state index is 13.7. The second-order valence-electron chi connectivity index (χ2n) is 9.62. The minimum atomic E-state index is -5.04. The van der Waals surface area contributed by atoms with Gasteiger partial charge >= 0.3 is 24.5 Å². The number of rotatable bonds is 7. The Hall–Kier alpha value is -3.41. The lowest BCUT2D eigenvalue weighted by Gasteiger charge is -2.21. The number of anilines is 2. The zero-order valence-corrected chi connectivity index (χ0v) is 22.4. The third-order valence-corrected chi connectivity index (χ3v) is 6.42. The first-order valence-electron chi connectivity index (χ1n) is 12.0. The average molecular weight is 612 g/mol. The largest absolute Gasteiger partial charge is 0.469 e. The van der Waals surface area contributed by atoms with Crippen molar-refractivity contribution in [2.75, 3.05) is 12.4 Å². The second kappa shape index (κ2) is 11.8. The van der Waals surface area contributed by atoms with Crippen LogP contribution in [-0.2, 0) is 28.1 Å². The van der Waals surface area contributed by atoms with Crippen LogP contribution in [0.1, 0.15) is 48.4 Å². The van der Waals surface area contributed by atoms with Crippen LogP contribution in [0.3, 0.4) is 0 Å². The number of alkyl halides is 9. The number of methoxy groups -OCH3 is 1. The van der Waals surface area contributed by atoms with Gasteiger partial charge < -0.3 is 10.1 Å². The van der Waals surface area contributed by atoms with Gasteiger partial charge in [-0.3, -0.25) is 4.79 Å². The summed E-state index contributed by atoms with van der Waals surface area (Å²) in [7, 11) is 1.12. The van der Waals surface area contributed by atoms with Gasteiger partial charge in [0.2, 0.25) is 0 Å². The van der Waals surface area contributed by atoms with Crippen molar-refractivity contribution in [2.45, 2.75) is 44.7 Å². The van der Waals surface area contributed by atoms with Gasteiger partial charge in [-0.1, -0.05) is 37.6 Å². The van der Waals surface area contributed by atoms with E-state index < -0.39 is 57.8 Å². The van der Waals surface area contributed by atoms with Crippen LogP contribution >= 0.6 is 11.6 Å². The van der Waals surface area contributed by atoms with Crippen LogP contribution in [0.2, 0.25) is 5.02 Å². The highest BCUT2D eigenvalue weighted by molar-refractivity contribution is 6.31. The SMILES string of the molecule is COC(=O)C(CC(C)C)c1cc(Nc2cc(C(F)(F)F)ccc2C(F)(F)F)cc(-c2ccc(Cl)c(C(F)(F)F)c2)c1. The molecule has 3 aromatic carbocycles. The fourth-order valence-corrected chi connectivity index (χ4v) is 4.45. The molecular weight excluding hydrogens is 589 g/mol. The zero-order chi connectivity index (χ0) is 30.9. The minimum Gasteiger partial charge on any atom is -0.469 e. The summed E-state index contributed by atoms with van der Waals surface area (Å²) < 4.78 is 127. The molecule has 3 nitrogen and oxygen atoms in total. The molecule has 0 fully saturated rings. The predicted octanol–water partition coefficient (Wildman–Crippen LogP) is 10.1. The molecule has 1 N–H and O–H groups in total. The van der Waals surface area contributed by atoms with Gasteiger partial charge in [0.1, 0.15) is 0 Å². The lowest BCUT2D eigenvalue weighted by Crippen LogP contribution is -2.17. The maximum Gasteiger partial charge on any atom is 0.418 e. The number of esters is 1. The van der Waals surface area contributed by atoms with Crippen molar-refractivity contribution in [1.29, 1.82) is 0 Å². The number of halogens is 10. The predicted molar refractivity (Wildman–Crippen MR) is 136 cm³/mol. The monoisotopic (exact) mass is 611 g/mol. The quantitative estimate of drug-likeness (QED) is 0.213. The Morgan fingerprint density at radius 2 is 1.44 bits per heavy atom. The molecule has 0 aliphatic rings. The summed E-state index contributed by atoms with van der Waals surface area (Å²) in [6.45, 7) is 3.57. The van der Waals surface area contributed by atoms with E-state index in [0.29, 0.717) is 0 Å². The first-order chi connectivity index (χ1) is 18.8. The van der Waals surface area contributed by atoms with Gasteiger partial charge in [-0.05, 0) is 71.5 Å². The first kappa shape index (κ1) is 32.1. The van der Waals surface area contributed by atoms with E-state index in [9.17, 15) is 44.3 Å². The van der Waals surface area contributed by atoms with E-state index in [2.05, 4.69) is 5.32 Å². The topological polar surface area (TPSA) is 38.3 Å². The molecule has 0 saturated carbocycles. The minimum absolute atomic E-state index is 0.0327. The molecule has 0 amide bonds. The summed E-state index contributed by atoms with van der Waals surface area (Å²) in [5.41, 5.74) is -4.95. The van der Waals surface area contributed by atoms with Crippen LogP contribution in [0.15, 0.2) is 54.6 Å². The van der Waals surface area contributed by atoms with E-state index in [4.69, 9.17) is 16.3 Å². The van der Waals surface area contributed by atoms with E-state index in [1.54, 1.807) is 13.8 Å². The summed E-state index contributed by atoms with van der Waals surface area (Å²) in [4.78, 5) is 12.7. The van der Waals surface area contributed by atoms with Gasteiger partial charge in [0.25, 0.3) is 0 Å². The molecule has 0 aromatic heterocycles. The van der Waals surface area contributed by atoms with Crippen LogP contribution in [0.5, 0.6) is 0 Å². The maximum absolute atomic E-state index is 13.7. The molecule has 222 valence electrons. The highest BCUT2D eigenvalue weighted by Gasteiger charge is 2.37. The Morgan fingerprint density at radius 1 is 0.805 bits per heavy atom. The third-order valence-electron chi connectivity index (χ3n) is 6.09. The lowest BCUT2D eigenvalue weighted by atomic mass is 9.88. The number of benzene rings is 3. The summed E-state index contributed by atoms with van der Waals surface area (Å²) in [5.74, 6) is -1.80. The first-order valence-corrected chi connectivity index (χ1v) is 12.3. The number of carbonyl (C=O) groups excluding carboxylic acids is 1. The summed E-state index contributed by atoms with van der Waals surface area (Å²) in [6, 6.07) is 7.58. The van der Waals surface area contributed by atoms with Gasteiger partial charge in [-0.2, -0.15) is 39.5 Å². The molecular formula is C28H23ClF9NO2. The van der Waals surface area contributed by atoms with E-state index in [1.807, 2.05) is 0 Å². The van der Waals surface area contributed by atoms with Gasteiger partial charge in [0, 0.05) is 5.69 Å². The number of hydrogen-bond acceptors (Lipinski definition) is 3. The summed E-state index contributed by atoms with van der Waals surface area (Å²) >= 11 is 5.73. The molecule has 0 aliphatic heterocycles. The van der Waals surface area contributed by atoms with E-state index in [1.165, 1.54) is 18.2 Å². The Labute approximate surface area is 234 Å². The molecule has 1 unspecified atom stereocenters. The van der Waals surface area contributed by atoms with E-state index in [-0.39, 0.29) is 52.9 Å². The Bertz CT molecular complexity index is 1410. The fourth-order valence-electron chi connectivity index (χ4n) is 4.22. The smallest absolute Gasteiger partial charge is 0.418 e. The van der Waals surface area contributed by atoms with Crippen molar-refractivity contribution >= 4 is 28.9 Å². The van der Waals surface area contributed by atoms with Crippen molar-refractivity contribution in [2.24, 2.45) is 5.92 Å². The molecule has 0 aliphatic carbocycles. The number of hydrogen-bond donors (Lipinski definition) is 1. The van der Waals surface area contributed by atoms with Gasteiger partial charge in [-0.25, -0.2) is 0 Å². The fraction of sp³-hybridized carbons (Fsp3) is 0.321. The van der Waals surface area contributed by atoms with Crippen molar-refractivity contribution in [3.63, 3.8) is 0 Å². The highest BCUT2D eigenvalue weighted by atomic mass is 35.5. The molecule has 13 heteroatoms. The van der Waals surface area contributed by atoms with Gasteiger partial charge in [-0.15, -0.1) is 0 Å².